The van der Waals surface area contributed by atoms with Crippen molar-refractivity contribution in [3.05, 3.63) is 47.8 Å². The number of halogens is 3. The second kappa shape index (κ2) is 3.64. The maximum atomic E-state index is 13.1. The lowest BCUT2D eigenvalue weighted by atomic mass is 10.1. The Morgan fingerprint density at radius 3 is 2.15 bits per heavy atom. The molecule has 0 heterocycles. The van der Waals surface area contributed by atoms with Crippen molar-refractivity contribution in [2.75, 3.05) is 0 Å². The predicted octanol–water partition coefficient (Wildman–Crippen LogP) is 3.49. The molecular weight excluding hydrogens is 177 g/mol. The number of allylic oxidation sites excluding steroid dienone is 2. The van der Waals surface area contributed by atoms with E-state index in [9.17, 15) is 13.2 Å². The summed E-state index contributed by atoms with van der Waals surface area (Å²) in [5.41, 5.74) is -0.202. The minimum atomic E-state index is -3.01. The van der Waals surface area contributed by atoms with E-state index in [4.69, 9.17) is 0 Å². The van der Waals surface area contributed by atoms with E-state index in [0.717, 1.165) is 30.3 Å². The zero-order chi connectivity index (χ0) is 9.90. The van der Waals surface area contributed by atoms with Crippen LogP contribution in [-0.4, -0.2) is 0 Å². The van der Waals surface area contributed by atoms with Crippen molar-refractivity contribution < 1.29 is 13.2 Å². The van der Waals surface area contributed by atoms with Crippen LogP contribution in [0.3, 0.4) is 0 Å². The topological polar surface area (TPSA) is 0 Å². The summed E-state index contributed by atoms with van der Waals surface area (Å²) in [4.78, 5) is 0. The van der Waals surface area contributed by atoms with E-state index in [-0.39, 0.29) is 5.56 Å². The molecule has 3 heteroatoms. The largest absolute Gasteiger partial charge is 0.291 e. The van der Waals surface area contributed by atoms with Crippen LogP contribution in [0.4, 0.5) is 13.2 Å². The van der Waals surface area contributed by atoms with Crippen LogP contribution in [0.25, 0.3) is 0 Å². The van der Waals surface area contributed by atoms with Crippen LogP contribution in [0.15, 0.2) is 36.4 Å². The summed E-state index contributed by atoms with van der Waals surface area (Å²) in [5.74, 6) is -3.53. The summed E-state index contributed by atoms with van der Waals surface area (Å²) in [6.07, 6.45) is 2.05. The fourth-order valence-electron chi connectivity index (χ4n) is 0.978. The van der Waals surface area contributed by atoms with E-state index >= 15 is 0 Å². The molecule has 0 fully saturated rings. The smallest absolute Gasteiger partial charge is 0.207 e. The molecule has 0 saturated carbocycles. The van der Waals surface area contributed by atoms with Gasteiger partial charge >= 0.3 is 0 Å². The van der Waals surface area contributed by atoms with Gasteiger partial charge in [-0.05, 0) is 37.3 Å². The van der Waals surface area contributed by atoms with Crippen LogP contribution in [0.5, 0.6) is 0 Å². The first-order chi connectivity index (χ1) is 6.06. The molecule has 0 nitrogen and oxygen atoms in total. The Morgan fingerprint density at radius 2 is 1.69 bits per heavy atom. The number of benzene rings is 1. The third kappa shape index (κ3) is 2.34. The molecule has 0 aliphatic heterocycles. The van der Waals surface area contributed by atoms with Crippen molar-refractivity contribution in [1.82, 2.24) is 0 Å². The minimum Gasteiger partial charge on any atom is -0.207 e. The second-order valence-electron chi connectivity index (χ2n) is 2.63. The molecule has 0 atom stereocenters. The number of rotatable bonds is 2. The molecule has 1 aromatic carbocycles. The Morgan fingerprint density at radius 1 is 1.15 bits per heavy atom. The first kappa shape index (κ1) is 9.84. The molecule has 0 aliphatic rings. The van der Waals surface area contributed by atoms with Crippen LogP contribution in [-0.2, 0) is 5.92 Å². The van der Waals surface area contributed by atoms with Gasteiger partial charge in [0.15, 0.2) is 0 Å². The van der Waals surface area contributed by atoms with Crippen LogP contribution in [0, 0.1) is 5.82 Å². The summed E-state index contributed by atoms with van der Waals surface area (Å²) >= 11 is 0. The van der Waals surface area contributed by atoms with E-state index in [1.54, 1.807) is 0 Å². The van der Waals surface area contributed by atoms with Gasteiger partial charge in [-0.2, -0.15) is 8.78 Å². The van der Waals surface area contributed by atoms with Crippen LogP contribution >= 0.6 is 0 Å². The van der Waals surface area contributed by atoms with Crippen LogP contribution < -0.4 is 0 Å². The number of alkyl halides is 2. The van der Waals surface area contributed by atoms with Gasteiger partial charge in [0, 0.05) is 5.56 Å². The Hall–Kier alpha value is -1.25. The summed E-state index contributed by atoms with van der Waals surface area (Å²) in [6.45, 7) is 1.51. The van der Waals surface area contributed by atoms with Crippen molar-refractivity contribution in [3.63, 3.8) is 0 Å². The molecule has 0 aliphatic carbocycles. The van der Waals surface area contributed by atoms with Crippen molar-refractivity contribution in [2.24, 2.45) is 0 Å². The molecule has 70 valence electrons. The molecular formula is C10H9F3. The molecule has 0 radical (unpaired) electrons. The van der Waals surface area contributed by atoms with Crippen LogP contribution in [0.2, 0.25) is 0 Å². The molecule has 0 aromatic heterocycles. The SMILES string of the molecule is C/C=C/C(F)(F)c1ccc(F)cc1. The molecule has 1 rings (SSSR count). The summed E-state index contributed by atoms with van der Waals surface area (Å²) < 4.78 is 38.6. The average Bonchev–Trinajstić information content (AvgIpc) is 2.05. The maximum Gasteiger partial charge on any atom is 0.291 e. The van der Waals surface area contributed by atoms with Crippen molar-refractivity contribution >= 4 is 0 Å². The van der Waals surface area contributed by atoms with E-state index < -0.39 is 11.7 Å². The minimum absolute atomic E-state index is 0.202. The lowest BCUT2D eigenvalue weighted by Crippen LogP contribution is -2.08. The lowest BCUT2D eigenvalue weighted by Gasteiger charge is -2.11. The van der Waals surface area contributed by atoms with Gasteiger partial charge in [-0.1, -0.05) is 6.08 Å². The van der Waals surface area contributed by atoms with Gasteiger partial charge in [-0.25, -0.2) is 4.39 Å². The third-order valence-corrected chi connectivity index (χ3v) is 1.61. The van der Waals surface area contributed by atoms with Gasteiger partial charge in [0.2, 0.25) is 0 Å². The Balaban J connectivity index is 3.00. The highest BCUT2D eigenvalue weighted by Crippen LogP contribution is 2.29. The molecule has 0 unspecified atom stereocenters. The molecule has 0 N–H and O–H groups in total. The first-order valence-corrected chi connectivity index (χ1v) is 3.84. The van der Waals surface area contributed by atoms with Gasteiger partial charge < -0.3 is 0 Å². The summed E-state index contributed by atoms with van der Waals surface area (Å²) in [5, 5.41) is 0. The zero-order valence-corrected chi connectivity index (χ0v) is 7.10. The lowest BCUT2D eigenvalue weighted by molar-refractivity contribution is 0.0519. The highest BCUT2D eigenvalue weighted by atomic mass is 19.3. The Kier molecular flexibility index (Phi) is 2.76. The molecule has 0 saturated heterocycles. The van der Waals surface area contributed by atoms with E-state index in [2.05, 4.69) is 0 Å². The van der Waals surface area contributed by atoms with Crippen molar-refractivity contribution in [2.45, 2.75) is 12.8 Å². The summed E-state index contributed by atoms with van der Waals surface area (Å²) in [7, 11) is 0. The monoisotopic (exact) mass is 186 g/mol. The van der Waals surface area contributed by atoms with Crippen LogP contribution in [0.1, 0.15) is 12.5 Å². The second-order valence-corrected chi connectivity index (χ2v) is 2.63. The van der Waals surface area contributed by atoms with Gasteiger partial charge in [-0.15, -0.1) is 0 Å². The molecule has 0 amide bonds. The normalized spacial score (nSPS) is 12.3. The first-order valence-electron chi connectivity index (χ1n) is 3.84. The maximum absolute atomic E-state index is 13.1. The summed E-state index contributed by atoms with van der Waals surface area (Å²) in [6, 6.07) is 4.20. The third-order valence-electron chi connectivity index (χ3n) is 1.61. The average molecular weight is 186 g/mol. The van der Waals surface area contributed by atoms with Crippen molar-refractivity contribution in [3.8, 4) is 0 Å². The van der Waals surface area contributed by atoms with Gasteiger partial charge in [-0.3, -0.25) is 0 Å². The quantitative estimate of drug-likeness (QED) is 0.620. The Labute approximate surface area is 74.7 Å². The predicted molar refractivity (Wildman–Crippen MR) is 45.1 cm³/mol. The molecule has 13 heavy (non-hydrogen) atoms. The van der Waals surface area contributed by atoms with Gasteiger partial charge in [0.1, 0.15) is 5.82 Å². The molecule has 0 spiro atoms. The molecule has 1 aromatic rings. The van der Waals surface area contributed by atoms with E-state index in [1.165, 1.54) is 13.0 Å². The fourth-order valence-corrected chi connectivity index (χ4v) is 0.978. The molecule has 0 bridgehead atoms. The zero-order valence-electron chi connectivity index (χ0n) is 7.10. The highest BCUT2D eigenvalue weighted by molar-refractivity contribution is 5.24. The highest BCUT2D eigenvalue weighted by Gasteiger charge is 2.26. The fraction of sp³-hybridized carbons (Fsp3) is 0.200. The number of hydrogen-bond acceptors (Lipinski definition) is 0. The van der Waals surface area contributed by atoms with Crippen molar-refractivity contribution in [1.29, 1.82) is 0 Å². The van der Waals surface area contributed by atoms with Gasteiger partial charge in [0.05, 0.1) is 0 Å². The Bertz CT molecular complexity index is 298. The standard InChI is InChI=1S/C10H9F3/c1-2-7-10(12,13)8-3-5-9(11)6-4-8/h2-7H,1H3/b7-2+. The van der Waals surface area contributed by atoms with E-state index in [0.29, 0.717) is 0 Å². The van der Waals surface area contributed by atoms with Gasteiger partial charge in [0.25, 0.3) is 5.92 Å². The number of hydrogen-bond donors (Lipinski definition) is 0. The van der Waals surface area contributed by atoms with E-state index in [1.807, 2.05) is 0 Å².